The maximum Gasteiger partial charge on any atom is 0.120 e. The molecule has 104 valence electrons. The fourth-order valence-electron chi connectivity index (χ4n) is 2.09. The van der Waals surface area contributed by atoms with Crippen molar-refractivity contribution in [2.75, 3.05) is 0 Å². The van der Waals surface area contributed by atoms with Gasteiger partial charge in [0.2, 0.25) is 0 Å². The molecule has 1 unspecified atom stereocenters. The van der Waals surface area contributed by atoms with Gasteiger partial charge in [0.1, 0.15) is 5.75 Å². The second kappa shape index (κ2) is 5.76. The molecule has 1 atom stereocenters. The van der Waals surface area contributed by atoms with Crippen molar-refractivity contribution in [2.24, 2.45) is 5.73 Å². The maximum absolute atomic E-state index is 6.34. The lowest BCUT2D eigenvalue weighted by molar-refractivity contribution is 0.303. The summed E-state index contributed by atoms with van der Waals surface area (Å²) in [6.45, 7) is 0. The smallest absolute Gasteiger partial charge is 0.120 e. The second-order valence-electron chi connectivity index (χ2n) is 5.03. The number of rotatable bonds is 4. The van der Waals surface area contributed by atoms with Crippen LogP contribution in [-0.4, -0.2) is 6.10 Å². The molecule has 0 heterocycles. The quantitative estimate of drug-likeness (QED) is 0.866. The molecule has 2 aromatic rings. The Labute approximate surface area is 132 Å². The van der Waals surface area contributed by atoms with Crippen molar-refractivity contribution in [3.63, 3.8) is 0 Å². The molecule has 3 rings (SSSR count). The predicted octanol–water partition coefficient (Wildman–Crippen LogP) is 4.69. The van der Waals surface area contributed by atoms with Crippen molar-refractivity contribution in [3.8, 4) is 5.75 Å². The molecule has 1 saturated carbocycles. The highest BCUT2D eigenvalue weighted by Crippen LogP contribution is 2.32. The molecule has 2 nitrogen and oxygen atoms in total. The minimum absolute atomic E-state index is 0.261. The third-order valence-corrected chi connectivity index (χ3v) is 4.17. The summed E-state index contributed by atoms with van der Waals surface area (Å²) in [5, 5.41) is 0.675. The summed E-state index contributed by atoms with van der Waals surface area (Å²) in [5.74, 6) is 0.881. The summed E-state index contributed by atoms with van der Waals surface area (Å²) >= 11 is 9.70. The minimum atomic E-state index is -0.261. The predicted molar refractivity (Wildman–Crippen MR) is 85.3 cm³/mol. The fraction of sp³-hybridized carbons (Fsp3) is 0.250. The number of ether oxygens (including phenoxy) is 1. The molecule has 1 fully saturated rings. The molecule has 4 heteroatoms. The van der Waals surface area contributed by atoms with Gasteiger partial charge in [-0.15, -0.1) is 0 Å². The molecule has 0 aliphatic heterocycles. The van der Waals surface area contributed by atoms with Gasteiger partial charge < -0.3 is 10.5 Å². The van der Waals surface area contributed by atoms with E-state index in [9.17, 15) is 0 Å². The zero-order valence-electron chi connectivity index (χ0n) is 10.9. The first-order valence-electron chi connectivity index (χ1n) is 6.60. The number of hydrogen-bond donors (Lipinski definition) is 1. The highest BCUT2D eigenvalue weighted by Gasteiger charge is 2.23. The van der Waals surface area contributed by atoms with E-state index in [1.807, 2.05) is 42.5 Å². The van der Waals surface area contributed by atoms with Crippen LogP contribution in [0.1, 0.15) is 30.0 Å². The van der Waals surface area contributed by atoms with Crippen LogP contribution in [-0.2, 0) is 0 Å². The molecule has 0 bridgehead atoms. The molecule has 0 amide bonds. The summed E-state index contributed by atoms with van der Waals surface area (Å²) in [6.07, 6.45) is 2.68. The van der Waals surface area contributed by atoms with Gasteiger partial charge in [-0.2, -0.15) is 0 Å². The number of halogens is 2. The first kappa shape index (κ1) is 13.9. The molecule has 20 heavy (non-hydrogen) atoms. The highest BCUT2D eigenvalue weighted by atomic mass is 79.9. The van der Waals surface area contributed by atoms with E-state index in [0.717, 1.165) is 34.2 Å². The summed E-state index contributed by atoms with van der Waals surface area (Å²) in [5.41, 5.74) is 8.25. The van der Waals surface area contributed by atoms with Gasteiger partial charge in [-0.3, -0.25) is 0 Å². The molecule has 0 aromatic heterocycles. The molecule has 1 aliphatic carbocycles. The van der Waals surface area contributed by atoms with Crippen LogP contribution in [0.15, 0.2) is 46.9 Å². The number of nitrogens with two attached hydrogens (primary N) is 1. The van der Waals surface area contributed by atoms with E-state index in [4.69, 9.17) is 22.1 Å². The van der Waals surface area contributed by atoms with E-state index in [0.29, 0.717) is 11.1 Å². The van der Waals surface area contributed by atoms with Crippen molar-refractivity contribution < 1.29 is 4.74 Å². The van der Waals surface area contributed by atoms with Crippen LogP contribution in [0.25, 0.3) is 0 Å². The summed E-state index contributed by atoms with van der Waals surface area (Å²) < 4.78 is 6.78. The van der Waals surface area contributed by atoms with Crippen molar-refractivity contribution in [1.29, 1.82) is 0 Å². The third kappa shape index (κ3) is 3.17. The topological polar surface area (TPSA) is 35.2 Å². The molecule has 0 saturated heterocycles. The van der Waals surface area contributed by atoms with Crippen LogP contribution < -0.4 is 10.5 Å². The average molecular weight is 353 g/mol. The van der Waals surface area contributed by atoms with Crippen molar-refractivity contribution in [1.82, 2.24) is 0 Å². The van der Waals surface area contributed by atoms with Crippen LogP contribution in [0.4, 0.5) is 0 Å². The Kier molecular flexibility index (Phi) is 4.01. The molecule has 1 aliphatic rings. The van der Waals surface area contributed by atoms with Gasteiger partial charge in [0, 0.05) is 9.50 Å². The Morgan fingerprint density at radius 2 is 2.00 bits per heavy atom. The lowest BCUT2D eigenvalue weighted by atomic mass is 9.99. The summed E-state index contributed by atoms with van der Waals surface area (Å²) in [6, 6.07) is 13.4. The lowest BCUT2D eigenvalue weighted by Crippen LogP contribution is -2.12. The van der Waals surface area contributed by atoms with Gasteiger partial charge in [-0.25, -0.2) is 0 Å². The molecule has 2 N–H and O–H groups in total. The van der Waals surface area contributed by atoms with Gasteiger partial charge in [0.25, 0.3) is 0 Å². The third-order valence-electron chi connectivity index (χ3n) is 3.34. The second-order valence-corrected chi connectivity index (χ2v) is 6.36. The maximum atomic E-state index is 6.34. The van der Waals surface area contributed by atoms with E-state index < -0.39 is 0 Å². The highest BCUT2D eigenvalue weighted by molar-refractivity contribution is 9.10. The van der Waals surface area contributed by atoms with Gasteiger partial charge >= 0.3 is 0 Å². The Balaban J connectivity index is 1.88. The Bertz CT molecular complexity index is 628. The number of benzene rings is 2. The van der Waals surface area contributed by atoms with Crippen LogP contribution in [0.5, 0.6) is 5.75 Å². The van der Waals surface area contributed by atoms with Gasteiger partial charge in [0.05, 0.1) is 12.1 Å². The average Bonchev–Trinajstić information content (AvgIpc) is 3.25. The zero-order chi connectivity index (χ0) is 14.1. The minimum Gasteiger partial charge on any atom is -0.490 e. The van der Waals surface area contributed by atoms with Crippen LogP contribution in [0.3, 0.4) is 0 Å². The van der Waals surface area contributed by atoms with E-state index in [1.54, 1.807) is 0 Å². The molecular formula is C16H15BrClNO. The Hall–Kier alpha value is -1.03. The first-order chi connectivity index (χ1) is 9.63. The van der Waals surface area contributed by atoms with Gasteiger partial charge in [-0.05, 0) is 54.3 Å². The Morgan fingerprint density at radius 1 is 1.20 bits per heavy atom. The molecule has 0 spiro atoms. The van der Waals surface area contributed by atoms with Crippen LogP contribution in [0.2, 0.25) is 5.02 Å². The van der Waals surface area contributed by atoms with E-state index in [1.165, 1.54) is 0 Å². The fourth-order valence-corrected chi connectivity index (χ4v) is 2.71. The van der Waals surface area contributed by atoms with Crippen molar-refractivity contribution in [3.05, 3.63) is 63.1 Å². The normalized spacial score (nSPS) is 15.9. The Morgan fingerprint density at radius 3 is 2.75 bits per heavy atom. The van der Waals surface area contributed by atoms with E-state index >= 15 is 0 Å². The summed E-state index contributed by atoms with van der Waals surface area (Å²) in [4.78, 5) is 0. The lowest BCUT2D eigenvalue weighted by Gasteiger charge is -2.16. The monoisotopic (exact) mass is 351 g/mol. The van der Waals surface area contributed by atoms with E-state index in [2.05, 4.69) is 15.9 Å². The largest absolute Gasteiger partial charge is 0.490 e. The standard InChI is InChI=1S/C16H15BrClNO/c17-11-4-7-15(18)14(9-11)16(19)10-2-1-3-13(8-10)20-12-5-6-12/h1-4,7-9,12,16H,5-6,19H2. The van der Waals surface area contributed by atoms with Crippen LogP contribution in [0, 0.1) is 0 Å². The van der Waals surface area contributed by atoms with Crippen molar-refractivity contribution >= 4 is 27.5 Å². The summed E-state index contributed by atoms with van der Waals surface area (Å²) in [7, 11) is 0. The van der Waals surface area contributed by atoms with Crippen molar-refractivity contribution in [2.45, 2.75) is 25.0 Å². The van der Waals surface area contributed by atoms with Gasteiger partial charge in [0.15, 0.2) is 0 Å². The van der Waals surface area contributed by atoms with Gasteiger partial charge in [-0.1, -0.05) is 39.7 Å². The molecule has 2 aromatic carbocycles. The zero-order valence-corrected chi connectivity index (χ0v) is 13.2. The SMILES string of the molecule is NC(c1cccc(OC2CC2)c1)c1cc(Br)ccc1Cl. The van der Waals surface area contributed by atoms with Crippen LogP contribution >= 0.6 is 27.5 Å². The molecular weight excluding hydrogens is 338 g/mol. The van der Waals surface area contributed by atoms with E-state index in [-0.39, 0.29) is 6.04 Å². The molecule has 0 radical (unpaired) electrons. The first-order valence-corrected chi connectivity index (χ1v) is 7.78. The number of hydrogen-bond acceptors (Lipinski definition) is 2.